The molecule has 3 aromatic rings. The molecule has 134 valence electrons. The molecular weight excluding hydrogens is 350 g/mol. The Kier molecular flexibility index (Phi) is 4.27. The third kappa shape index (κ3) is 3.17. The Morgan fingerprint density at radius 2 is 1.77 bits per heavy atom. The Hall–Kier alpha value is -3.16. The first kappa shape index (κ1) is 17.7. The summed E-state index contributed by atoms with van der Waals surface area (Å²) in [5.41, 5.74) is 5.87. The lowest BCUT2D eigenvalue weighted by molar-refractivity contribution is -0.137. The molecule has 0 saturated carbocycles. The lowest BCUT2D eigenvalue weighted by Crippen LogP contribution is -2.18. The summed E-state index contributed by atoms with van der Waals surface area (Å²) >= 11 is 0. The predicted molar refractivity (Wildman–Crippen MR) is 87.9 cm³/mol. The van der Waals surface area contributed by atoms with Gasteiger partial charge in [0.2, 0.25) is 0 Å². The Bertz CT molecular complexity index is 978. The van der Waals surface area contributed by atoms with E-state index in [0.29, 0.717) is 29.0 Å². The number of carbonyl (C=O) groups is 1. The number of alkyl halides is 3. The van der Waals surface area contributed by atoms with Crippen LogP contribution in [0.5, 0.6) is 0 Å². The van der Waals surface area contributed by atoms with Crippen molar-refractivity contribution in [3.8, 4) is 11.1 Å². The van der Waals surface area contributed by atoms with Crippen molar-refractivity contribution in [2.75, 3.05) is 5.73 Å². The fraction of sp³-hybridized carbons (Fsp3) is 0.111. The number of nitrogens with zero attached hydrogens (tertiary/aromatic N) is 2. The van der Waals surface area contributed by atoms with E-state index in [4.69, 9.17) is 5.73 Å². The minimum Gasteiger partial charge on any atom is -0.383 e. The van der Waals surface area contributed by atoms with E-state index >= 15 is 0 Å². The number of rotatable bonds is 2. The molecule has 26 heavy (non-hydrogen) atoms. The van der Waals surface area contributed by atoms with Gasteiger partial charge in [0.1, 0.15) is 11.6 Å². The molecule has 0 spiro atoms. The molecule has 2 aromatic carbocycles. The maximum absolute atomic E-state index is 13.6. The van der Waals surface area contributed by atoms with E-state index in [9.17, 15) is 22.4 Å². The van der Waals surface area contributed by atoms with Crippen LogP contribution in [0.4, 0.5) is 23.4 Å². The third-order valence-corrected chi connectivity index (χ3v) is 3.82. The fourth-order valence-corrected chi connectivity index (χ4v) is 2.66. The number of benzene rings is 2. The zero-order valence-corrected chi connectivity index (χ0v) is 13.5. The van der Waals surface area contributed by atoms with Crippen LogP contribution in [0.2, 0.25) is 0 Å². The third-order valence-electron chi connectivity index (χ3n) is 3.82. The van der Waals surface area contributed by atoms with Gasteiger partial charge in [-0.15, -0.1) is 0 Å². The molecule has 1 heterocycles. The van der Waals surface area contributed by atoms with Crippen LogP contribution < -0.4 is 5.73 Å². The van der Waals surface area contributed by atoms with Crippen LogP contribution in [0.15, 0.2) is 48.5 Å². The zero-order valence-electron chi connectivity index (χ0n) is 13.5. The van der Waals surface area contributed by atoms with Crippen molar-refractivity contribution in [2.45, 2.75) is 13.1 Å². The monoisotopic (exact) mass is 363 g/mol. The molecule has 0 aliphatic rings. The van der Waals surface area contributed by atoms with Crippen LogP contribution in [0, 0.1) is 12.7 Å². The molecule has 2 N–H and O–H groups in total. The van der Waals surface area contributed by atoms with E-state index in [1.807, 2.05) is 0 Å². The molecule has 0 radical (unpaired) electrons. The highest BCUT2D eigenvalue weighted by Crippen LogP contribution is 2.32. The number of nitrogen functional groups attached to an aromatic ring is 1. The molecule has 0 atom stereocenters. The van der Waals surface area contributed by atoms with Gasteiger partial charge in [-0.3, -0.25) is 4.79 Å². The number of carbonyl (C=O) groups excluding carboxylic acids is 1. The minimum atomic E-state index is -4.78. The van der Waals surface area contributed by atoms with E-state index in [0.717, 1.165) is 10.7 Å². The van der Waals surface area contributed by atoms with Gasteiger partial charge in [-0.2, -0.15) is 23.0 Å². The molecule has 1 aromatic heterocycles. The molecule has 3 rings (SSSR count). The van der Waals surface area contributed by atoms with E-state index in [1.54, 1.807) is 37.3 Å². The summed E-state index contributed by atoms with van der Waals surface area (Å²) in [4.78, 5) is 12.6. The quantitative estimate of drug-likeness (QED) is 0.691. The second-order valence-electron chi connectivity index (χ2n) is 5.65. The van der Waals surface area contributed by atoms with Gasteiger partial charge >= 0.3 is 6.18 Å². The summed E-state index contributed by atoms with van der Waals surface area (Å²) in [6.07, 6.45) is -4.78. The first-order chi connectivity index (χ1) is 12.2. The largest absolute Gasteiger partial charge is 0.416 e. The second-order valence-corrected chi connectivity index (χ2v) is 5.65. The van der Waals surface area contributed by atoms with Gasteiger partial charge in [0.25, 0.3) is 5.91 Å². The molecular formula is C18H13F4N3O. The molecule has 0 fully saturated rings. The Labute approximate surface area is 145 Å². The maximum Gasteiger partial charge on any atom is 0.416 e. The first-order valence-corrected chi connectivity index (χ1v) is 7.51. The van der Waals surface area contributed by atoms with Crippen LogP contribution in [0.1, 0.15) is 21.6 Å². The van der Waals surface area contributed by atoms with Crippen molar-refractivity contribution in [3.63, 3.8) is 0 Å². The van der Waals surface area contributed by atoms with E-state index in [-0.39, 0.29) is 5.82 Å². The normalized spacial score (nSPS) is 11.6. The van der Waals surface area contributed by atoms with Crippen LogP contribution in [0.3, 0.4) is 0 Å². The predicted octanol–water partition coefficient (Wildman–Crippen LogP) is 4.29. The summed E-state index contributed by atoms with van der Waals surface area (Å²) < 4.78 is 52.9. The van der Waals surface area contributed by atoms with Crippen LogP contribution >= 0.6 is 0 Å². The summed E-state index contributed by atoms with van der Waals surface area (Å²) in [5, 5.41) is 4.02. The van der Waals surface area contributed by atoms with Crippen LogP contribution in [0.25, 0.3) is 11.1 Å². The number of anilines is 1. The molecule has 4 nitrogen and oxygen atoms in total. The minimum absolute atomic E-state index is 0.0310. The lowest BCUT2D eigenvalue weighted by atomic mass is 10.1. The fourth-order valence-electron chi connectivity index (χ4n) is 2.66. The number of nitrogens with two attached hydrogens (primary N) is 1. The van der Waals surface area contributed by atoms with Gasteiger partial charge in [0.15, 0.2) is 0 Å². The smallest absolute Gasteiger partial charge is 0.383 e. The average Bonchev–Trinajstić information content (AvgIpc) is 2.88. The van der Waals surface area contributed by atoms with Crippen LogP contribution in [-0.2, 0) is 6.18 Å². The van der Waals surface area contributed by atoms with E-state index < -0.39 is 29.0 Å². The lowest BCUT2D eigenvalue weighted by Gasteiger charge is -2.09. The molecule has 0 unspecified atom stereocenters. The van der Waals surface area contributed by atoms with Gasteiger partial charge in [0, 0.05) is 11.1 Å². The molecule has 8 heteroatoms. The van der Waals surface area contributed by atoms with Gasteiger partial charge < -0.3 is 5.73 Å². The second kappa shape index (κ2) is 6.29. The van der Waals surface area contributed by atoms with Crippen LogP contribution in [-0.4, -0.2) is 15.7 Å². The SMILES string of the molecule is Cc1nn(C(=O)c2cc(F)cc(C(F)(F)F)c2)c(N)c1-c1ccccc1. The topological polar surface area (TPSA) is 60.9 Å². The summed E-state index contributed by atoms with van der Waals surface area (Å²) in [6, 6.07) is 10.5. The van der Waals surface area contributed by atoms with Crippen molar-refractivity contribution < 1.29 is 22.4 Å². The van der Waals surface area contributed by atoms with Crippen molar-refractivity contribution in [1.82, 2.24) is 9.78 Å². The zero-order chi connectivity index (χ0) is 19.1. The summed E-state index contributed by atoms with van der Waals surface area (Å²) in [7, 11) is 0. The van der Waals surface area contributed by atoms with Gasteiger partial charge in [0.05, 0.1) is 11.3 Å². The Morgan fingerprint density at radius 1 is 1.12 bits per heavy atom. The van der Waals surface area contributed by atoms with E-state index in [2.05, 4.69) is 5.10 Å². The first-order valence-electron chi connectivity index (χ1n) is 7.51. The van der Waals surface area contributed by atoms with Gasteiger partial charge in [-0.1, -0.05) is 30.3 Å². The average molecular weight is 363 g/mol. The molecule has 0 saturated heterocycles. The Morgan fingerprint density at radius 3 is 2.38 bits per heavy atom. The highest BCUT2D eigenvalue weighted by Gasteiger charge is 2.32. The van der Waals surface area contributed by atoms with Crippen molar-refractivity contribution in [1.29, 1.82) is 0 Å². The number of hydrogen-bond donors (Lipinski definition) is 1. The molecule has 0 amide bonds. The number of aryl methyl sites for hydroxylation is 1. The van der Waals surface area contributed by atoms with Crippen molar-refractivity contribution in [2.24, 2.45) is 0 Å². The van der Waals surface area contributed by atoms with Crippen molar-refractivity contribution in [3.05, 3.63) is 71.2 Å². The highest BCUT2D eigenvalue weighted by molar-refractivity contribution is 5.99. The van der Waals surface area contributed by atoms with Gasteiger partial charge in [-0.25, -0.2) is 4.39 Å². The van der Waals surface area contributed by atoms with E-state index in [1.165, 1.54) is 0 Å². The Balaban J connectivity index is 2.09. The number of hydrogen-bond acceptors (Lipinski definition) is 3. The van der Waals surface area contributed by atoms with Crippen molar-refractivity contribution >= 4 is 11.7 Å². The standard InChI is InChI=1S/C18H13F4N3O/c1-10-15(11-5-3-2-4-6-11)16(23)25(24-10)17(26)12-7-13(18(20,21)22)9-14(19)8-12/h2-9H,23H2,1H3. The molecule has 0 aliphatic carbocycles. The summed E-state index contributed by atoms with van der Waals surface area (Å²) in [6.45, 7) is 1.62. The van der Waals surface area contributed by atoms with Gasteiger partial charge in [-0.05, 0) is 30.7 Å². The maximum atomic E-state index is 13.6. The number of halogens is 4. The molecule has 0 aliphatic heterocycles. The summed E-state index contributed by atoms with van der Waals surface area (Å²) in [5.74, 6) is -2.15. The number of aromatic nitrogens is 2. The molecule has 0 bridgehead atoms. The highest BCUT2D eigenvalue weighted by atomic mass is 19.4.